The van der Waals surface area contributed by atoms with Gasteiger partial charge in [0.25, 0.3) is 0 Å². The molecule has 1 saturated heterocycles. The summed E-state index contributed by atoms with van der Waals surface area (Å²) in [5.74, 6) is 0.00204. The maximum absolute atomic E-state index is 10.7. The molecule has 29 heavy (non-hydrogen) atoms. The van der Waals surface area contributed by atoms with E-state index in [0.29, 0.717) is 6.61 Å². The van der Waals surface area contributed by atoms with Crippen molar-refractivity contribution in [2.45, 2.75) is 25.3 Å². The van der Waals surface area contributed by atoms with Gasteiger partial charge in [0.05, 0.1) is 39.0 Å². The summed E-state index contributed by atoms with van der Waals surface area (Å²) < 4.78 is 11.3. The van der Waals surface area contributed by atoms with Crippen molar-refractivity contribution < 1.29 is 19.4 Å². The van der Waals surface area contributed by atoms with E-state index in [0.717, 1.165) is 52.7 Å². The van der Waals surface area contributed by atoms with Crippen LogP contribution in [0.1, 0.15) is 19.3 Å². The minimum atomic E-state index is -0.834. The van der Waals surface area contributed by atoms with E-state index in [-0.39, 0.29) is 19.1 Å². The first-order valence-corrected chi connectivity index (χ1v) is 9.83. The number of methoxy groups -OCH3 is 1. The van der Waals surface area contributed by atoms with Gasteiger partial charge in [-0.25, -0.2) is 0 Å². The number of aromatic nitrogens is 2. The summed E-state index contributed by atoms with van der Waals surface area (Å²) in [4.78, 5) is 13.1. The molecule has 152 valence electrons. The molecule has 1 aliphatic heterocycles. The summed E-state index contributed by atoms with van der Waals surface area (Å²) in [6.07, 6.45) is 5.86. The van der Waals surface area contributed by atoms with E-state index < -0.39 is 5.97 Å². The normalized spacial score (nSPS) is 16.4. The SMILES string of the molecule is COc1cccc2c(-c3cn[nH]c3)cc(N3CCC[C@H]3COCCC(=O)O)cc12. The largest absolute Gasteiger partial charge is 0.496 e. The lowest BCUT2D eigenvalue weighted by molar-refractivity contribution is -0.138. The van der Waals surface area contributed by atoms with Crippen molar-refractivity contribution in [2.75, 3.05) is 31.8 Å². The standard InChI is InChI=1S/C22H25N3O4/c1-28-21-6-2-5-18-19(15-12-23-24-13-15)10-17(11-20(18)21)25-8-3-4-16(25)14-29-9-7-22(26)27/h2,5-6,10-13,16H,3-4,7-9,14H2,1H3,(H,23,24)(H,26,27)/t16-/m0/s1. The highest BCUT2D eigenvalue weighted by Crippen LogP contribution is 2.39. The minimum absolute atomic E-state index is 0.0323. The third-order valence-corrected chi connectivity index (χ3v) is 5.45. The molecule has 7 nitrogen and oxygen atoms in total. The monoisotopic (exact) mass is 395 g/mol. The van der Waals surface area contributed by atoms with Crippen molar-refractivity contribution in [3.8, 4) is 16.9 Å². The second-order valence-electron chi connectivity index (χ2n) is 7.24. The fourth-order valence-corrected chi connectivity index (χ4v) is 4.05. The number of anilines is 1. The zero-order valence-electron chi connectivity index (χ0n) is 16.4. The Kier molecular flexibility index (Phi) is 5.67. The molecule has 3 aromatic rings. The van der Waals surface area contributed by atoms with E-state index in [2.05, 4.69) is 33.3 Å². The van der Waals surface area contributed by atoms with Crippen LogP contribution < -0.4 is 9.64 Å². The number of hydrogen-bond acceptors (Lipinski definition) is 5. The maximum Gasteiger partial charge on any atom is 0.305 e. The van der Waals surface area contributed by atoms with Crippen molar-refractivity contribution >= 4 is 22.4 Å². The fourth-order valence-electron chi connectivity index (χ4n) is 4.05. The summed E-state index contributed by atoms with van der Waals surface area (Å²) >= 11 is 0. The van der Waals surface area contributed by atoms with Gasteiger partial charge < -0.3 is 19.5 Å². The predicted octanol–water partition coefficient (Wildman–Crippen LogP) is 3.70. The predicted molar refractivity (Wildman–Crippen MR) is 112 cm³/mol. The summed E-state index contributed by atoms with van der Waals surface area (Å²) in [5, 5.41) is 18.0. The van der Waals surface area contributed by atoms with Crippen LogP contribution in [0.25, 0.3) is 21.9 Å². The van der Waals surface area contributed by atoms with Crippen molar-refractivity contribution in [1.82, 2.24) is 10.2 Å². The van der Waals surface area contributed by atoms with Gasteiger partial charge in [0.15, 0.2) is 0 Å². The highest BCUT2D eigenvalue weighted by atomic mass is 16.5. The first-order chi connectivity index (χ1) is 14.2. The minimum Gasteiger partial charge on any atom is -0.496 e. The molecular weight excluding hydrogens is 370 g/mol. The highest BCUT2D eigenvalue weighted by molar-refractivity contribution is 6.02. The topological polar surface area (TPSA) is 87.7 Å². The zero-order valence-corrected chi connectivity index (χ0v) is 16.4. The molecule has 0 aliphatic carbocycles. The lowest BCUT2D eigenvalue weighted by Crippen LogP contribution is -2.33. The van der Waals surface area contributed by atoms with Crippen molar-refractivity contribution in [3.63, 3.8) is 0 Å². The Morgan fingerprint density at radius 3 is 3.00 bits per heavy atom. The van der Waals surface area contributed by atoms with E-state index in [9.17, 15) is 4.79 Å². The Hall–Kier alpha value is -3.06. The highest BCUT2D eigenvalue weighted by Gasteiger charge is 2.26. The van der Waals surface area contributed by atoms with Crippen LogP contribution in [0.3, 0.4) is 0 Å². The van der Waals surface area contributed by atoms with Crippen molar-refractivity contribution in [3.05, 3.63) is 42.7 Å². The lowest BCUT2D eigenvalue weighted by atomic mass is 9.98. The third kappa shape index (κ3) is 4.05. The number of aromatic amines is 1. The molecule has 0 radical (unpaired) electrons. The van der Waals surface area contributed by atoms with Gasteiger partial charge in [-0.1, -0.05) is 12.1 Å². The molecular formula is C22H25N3O4. The van der Waals surface area contributed by atoms with Crippen LogP contribution in [0.5, 0.6) is 5.75 Å². The van der Waals surface area contributed by atoms with Gasteiger partial charge in [-0.15, -0.1) is 0 Å². The van der Waals surface area contributed by atoms with E-state index in [1.54, 1.807) is 7.11 Å². The number of carbonyl (C=O) groups is 1. The van der Waals surface area contributed by atoms with E-state index in [1.165, 1.54) is 0 Å². The molecule has 1 aromatic heterocycles. The molecule has 0 unspecified atom stereocenters. The molecule has 0 amide bonds. The summed E-state index contributed by atoms with van der Waals surface area (Å²) in [7, 11) is 1.69. The van der Waals surface area contributed by atoms with Gasteiger partial charge >= 0.3 is 5.97 Å². The molecule has 0 spiro atoms. The zero-order chi connectivity index (χ0) is 20.2. The van der Waals surface area contributed by atoms with Crippen LogP contribution in [-0.2, 0) is 9.53 Å². The van der Waals surface area contributed by atoms with E-state index in [4.69, 9.17) is 14.6 Å². The molecule has 4 rings (SSSR count). The summed E-state index contributed by atoms with van der Waals surface area (Å²) in [5.41, 5.74) is 3.24. The Morgan fingerprint density at radius 2 is 2.24 bits per heavy atom. The molecule has 1 fully saturated rings. The van der Waals surface area contributed by atoms with Gasteiger partial charge in [-0.05, 0) is 42.0 Å². The molecule has 2 aromatic carbocycles. The number of nitrogens with zero attached hydrogens (tertiary/aromatic N) is 2. The Morgan fingerprint density at radius 1 is 1.34 bits per heavy atom. The van der Waals surface area contributed by atoms with Crippen LogP contribution in [0.2, 0.25) is 0 Å². The van der Waals surface area contributed by atoms with Gasteiger partial charge in [-0.3, -0.25) is 9.89 Å². The van der Waals surface area contributed by atoms with E-state index >= 15 is 0 Å². The first-order valence-electron chi connectivity index (χ1n) is 9.83. The molecule has 0 saturated carbocycles. The number of nitrogens with one attached hydrogen (secondary N) is 1. The number of hydrogen-bond donors (Lipinski definition) is 2. The van der Waals surface area contributed by atoms with Crippen LogP contribution in [0.15, 0.2) is 42.7 Å². The molecule has 1 atom stereocenters. The number of rotatable bonds is 8. The van der Waals surface area contributed by atoms with Gasteiger partial charge in [-0.2, -0.15) is 5.10 Å². The second kappa shape index (κ2) is 8.53. The smallest absolute Gasteiger partial charge is 0.305 e. The molecule has 0 bridgehead atoms. The van der Waals surface area contributed by atoms with Crippen LogP contribution in [0.4, 0.5) is 5.69 Å². The average Bonchev–Trinajstić information content (AvgIpc) is 3.42. The first kappa shape index (κ1) is 19.3. The number of ether oxygens (including phenoxy) is 2. The third-order valence-electron chi connectivity index (χ3n) is 5.45. The number of H-pyrrole nitrogens is 1. The molecule has 7 heteroatoms. The molecule has 2 heterocycles. The molecule has 2 N–H and O–H groups in total. The molecule has 1 aliphatic rings. The summed E-state index contributed by atoms with van der Waals surface area (Å²) in [6.45, 7) is 1.71. The van der Waals surface area contributed by atoms with Gasteiger partial charge in [0, 0.05) is 29.4 Å². The number of aliphatic carboxylic acids is 1. The maximum atomic E-state index is 10.7. The Labute approximate surface area is 169 Å². The quantitative estimate of drug-likeness (QED) is 0.566. The lowest BCUT2D eigenvalue weighted by Gasteiger charge is -2.28. The number of benzene rings is 2. The number of carboxylic acid groups (broad SMARTS) is 1. The van der Waals surface area contributed by atoms with Crippen LogP contribution in [-0.4, -0.2) is 54.2 Å². The van der Waals surface area contributed by atoms with Gasteiger partial charge in [0.2, 0.25) is 0 Å². The summed E-state index contributed by atoms with van der Waals surface area (Å²) in [6, 6.07) is 10.7. The number of carboxylic acids is 1. The second-order valence-corrected chi connectivity index (χ2v) is 7.24. The van der Waals surface area contributed by atoms with Gasteiger partial charge in [0.1, 0.15) is 5.75 Å². The van der Waals surface area contributed by atoms with Crippen LogP contribution in [0, 0.1) is 0 Å². The Bertz CT molecular complexity index is 987. The van der Waals surface area contributed by atoms with E-state index in [1.807, 2.05) is 24.5 Å². The average molecular weight is 395 g/mol. The van der Waals surface area contributed by atoms with Crippen molar-refractivity contribution in [2.24, 2.45) is 0 Å². The number of fused-ring (bicyclic) bond motifs is 1. The fraction of sp³-hybridized carbons (Fsp3) is 0.364. The van der Waals surface area contributed by atoms with Crippen molar-refractivity contribution in [1.29, 1.82) is 0 Å². The van der Waals surface area contributed by atoms with Crippen LogP contribution >= 0.6 is 0 Å². The Balaban J connectivity index is 1.68.